The molecule has 0 aliphatic carbocycles. The smallest absolute Gasteiger partial charge is 0.122 e. The second-order valence-corrected chi connectivity index (χ2v) is 5.35. The molecule has 0 atom stereocenters. The quantitative estimate of drug-likeness (QED) is 0.804. The Morgan fingerprint density at radius 2 is 1.95 bits per heavy atom. The molecule has 0 radical (unpaired) electrons. The van der Waals surface area contributed by atoms with Crippen LogP contribution in [0.1, 0.15) is 11.3 Å². The molecule has 96 valence electrons. The lowest BCUT2D eigenvalue weighted by atomic mass is 10.1. The summed E-state index contributed by atoms with van der Waals surface area (Å²) in [6.45, 7) is 0. The van der Waals surface area contributed by atoms with Gasteiger partial charge in [0.25, 0.3) is 0 Å². The van der Waals surface area contributed by atoms with Gasteiger partial charge in [-0.25, -0.2) is 0 Å². The molecule has 4 heteroatoms. The second kappa shape index (κ2) is 5.05. The predicted molar refractivity (Wildman–Crippen MR) is 81.2 cm³/mol. The number of nitrogens with two attached hydrogens (primary N) is 1. The number of aryl methyl sites for hydroxylation is 2. The lowest BCUT2D eigenvalue weighted by Crippen LogP contribution is -2.00. The van der Waals surface area contributed by atoms with Crippen LogP contribution in [-0.4, -0.2) is 9.38 Å². The standard InChI is InChI=1S/C15H14BrN3/c16-12-10-14-13(18-8-9-19(14)15(12)17)7-6-11-4-2-1-3-5-11/h1-5,8-10H,6-7,17H2. The van der Waals surface area contributed by atoms with Crippen LogP contribution < -0.4 is 5.73 Å². The van der Waals surface area contributed by atoms with E-state index in [4.69, 9.17) is 5.73 Å². The van der Waals surface area contributed by atoms with Crippen molar-refractivity contribution in [1.82, 2.24) is 9.38 Å². The van der Waals surface area contributed by atoms with Gasteiger partial charge < -0.3 is 5.73 Å². The summed E-state index contributed by atoms with van der Waals surface area (Å²) in [5.74, 6) is 0.721. The van der Waals surface area contributed by atoms with Gasteiger partial charge in [-0.05, 0) is 40.4 Å². The minimum absolute atomic E-state index is 0.721. The molecule has 0 amide bonds. The van der Waals surface area contributed by atoms with Gasteiger partial charge >= 0.3 is 0 Å². The van der Waals surface area contributed by atoms with Gasteiger partial charge in [0.05, 0.1) is 15.7 Å². The molecule has 3 rings (SSSR count). The first kappa shape index (κ1) is 12.2. The van der Waals surface area contributed by atoms with E-state index in [-0.39, 0.29) is 0 Å². The van der Waals surface area contributed by atoms with Crippen molar-refractivity contribution >= 4 is 27.3 Å². The molecular formula is C15H14BrN3. The summed E-state index contributed by atoms with van der Waals surface area (Å²) < 4.78 is 2.89. The van der Waals surface area contributed by atoms with Gasteiger partial charge in [-0.15, -0.1) is 0 Å². The molecule has 1 aromatic carbocycles. The lowest BCUT2D eigenvalue weighted by molar-refractivity contribution is 0.908. The number of benzene rings is 1. The van der Waals surface area contributed by atoms with Gasteiger partial charge in [0.1, 0.15) is 5.82 Å². The Morgan fingerprint density at radius 1 is 1.16 bits per heavy atom. The first-order valence-electron chi connectivity index (χ1n) is 6.19. The Kier molecular flexibility index (Phi) is 3.25. The number of nitrogen functional groups attached to an aromatic ring is 1. The number of rotatable bonds is 3. The fourth-order valence-electron chi connectivity index (χ4n) is 2.25. The summed E-state index contributed by atoms with van der Waals surface area (Å²) in [5.41, 5.74) is 9.47. The topological polar surface area (TPSA) is 43.3 Å². The van der Waals surface area contributed by atoms with E-state index in [1.54, 1.807) is 6.20 Å². The van der Waals surface area contributed by atoms with Crippen LogP contribution in [0, 0.1) is 0 Å². The Balaban J connectivity index is 1.91. The maximum absolute atomic E-state index is 6.00. The van der Waals surface area contributed by atoms with Crippen molar-refractivity contribution in [2.45, 2.75) is 12.8 Å². The van der Waals surface area contributed by atoms with Crippen molar-refractivity contribution in [3.8, 4) is 0 Å². The second-order valence-electron chi connectivity index (χ2n) is 4.49. The third kappa shape index (κ3) is 2.36. The zero-order chi connectivity index (χ0) is 13.2. The largest absolute Gasteiger partial charge is 0.384 e. The molecule has 0 saturated heterocycles. The fourth-order valence-corrected chi connectivity index (χ4v) is 2.66. The van der Waals surface area contributed by atoms with Gasteiger partial charge in [-0.2, -0.15) is 0 Å². The van der Waals surface area contributed by atoms with Crippen molar-refractivity contribution in [3.63, 3.8) is 0 Å². The molecule has 19 heavy (non-hydrogen) atoms. The van der Waals surface area contributed by atoms with E-state index in [1.165, 1.54) is 5.56 Å². The molecule has 0 spiro atoms. The zero-order valence-corrected chi connectivity index (χ0v) is 12.0. The third-order valence-electron chi connectivity index (χ3n) is 3.26. The van der Waals surface area contributed by atoms with Crippen LogP contribution in [0.3, 0.4) is 0 Å². The molecular weight excluding hydrogens is 302 g/mol. The molecule has 2 heterocycles. The Labute approximate surface area is 120 Å². The van der Waals surface area contributed by atoms with Crippen LogP contribution >= 0.6 is 15.9 Å². The Bertz CT molecular complexity index is 704. The minimum atomic E-state index is 0.721. The van der Waals surface area contributed by atoms with Gasteiger partial charge in [0.15, 0.2) is 0 Å². The van der Waals surface area contributed by atoms with Crippen LogP contribution in [0.25, 0.3) is 5.52 Å². The Morgan fingerprint density at radius 3 is 2.74 bits per heavy atom. The number of nitrogens with zero attached hydrogens (tertiary/aromatic N) is 2. The average molecular weight is 316 g/mol. The van der Waals surface area contributed by atoms with Crippen molar-refractivity contribution < 1.29 is 0 Å². The number of fused-ring (bicyclic) bond motifs is 1. The monoisotopic (exact) mass is 315 g/mol. The SMILES string of the molecule is Nc1c(Br)cc2c(CCc3ccccc3)nccn12. The fraction of sp³-hybridized carbons (Fsp3) is 0.133. The van der Waals surface area contributed by atoms with E-state index in [0.717, 1.165) is 34.3 Å². The molecule has 2 N–H and O–H groups in total. The number of aromatic nitrogens is 2. The van der Waals surface area contributed by atoms with E-state index < -0.39 is 0 Å². The minimum Gasteiger partial charge on any atom is -0.384 e. The molecule has 0 unspecified atom stereocenters. The van der Waals surface area contributed by atoms with Gasteiger partial charge in [-0.1, -0.05) is 30.3 Å². The van der Waals surface area contributed by atoms with Crippen molar-refractivity contribution in [1.29, 1.82) is 0 Å². The molecule has 0 aliphatic rings. The van der Waals surface area contributed by atoms with Gasteiger partial charge in [0, 0.05) is 12.4 Å². The molecule has 0 bridgehead atoms. The van der Waals surface area contributed by atoms with Crippen molar-refractivity contribution in [2.24, 2.45) is 0 Å². The van der Waals surface area contributed by atoms with Gasteiger partial charge in [0.2, 0.25) is 0 Å². The van der Waals surface area contributed by atoms with E-state index in [9.17, 15) is 0 Å². The highest BCUT2D eigenvalue weighted by Crippen LogP contribution is 2.26. The number of hydrogen-bond donors (Lipinski definition) is 1. The molecule has 0 aliphatic heterocycles. The summed E-state index contributed by atoms with van der Waals surface area (Å²) in [4.78, 5) is 4.48. The first-order chi connectivity index (χ1) is 9.25. The van der Waals surface area contributed by atoms with Crippen LogP contribution in [0.15, 0.2) is 53.3 Å². The molecule has 0 saturated carbocycles. The molecule has 2 aromatic heterocycles. The zero-order valence-electron chi connectivity index (χ0n) is 10.4. The van der Waals surface area contributed by atoms with Crippen LogP contribution in [0.2, 0.25) is 0 Å². The maximum atomic E-state index is 6.00. The van der Waals surface area contributed by atoms with Gasteiger partial charge in [-0.3, -0.25) is 9.38 Å². The maximum Gasteiger partial charge on any atom is 0.122 e. The number of halogens is 1. The number of anilines is 1. The first-order valence-corrected chi connectivity index (χ1v) is 6.99. The van der Waals surface area contributed by atoms with Crippen LogP contribution in [-0.2, 0) is 12.8 Å². The molecule has 3 nitrogen and oxygen atoms in total. The Hall–Kier alpha value is -1.81. The van der Waals surface area contributed by atoms with Crippen molar-refractivity contribution in [3.05, 3.63) is 64.5 Å². The average Bonchev–Trinajstić information content (AvgIpc) is 2.74. The molecule has 0 fully saturated rings. The highest BCUT2D eigenvalue weighted by Gasteiger charge is 2.09. The molecule has 3 aromatic rings. The summed E-state index contributed by atoms with van der Waals surface area (Å²) >= 11 is 3.47. The summed E-state index contributed by atoms with van der Waals surface area (Å²) in [6, 6.07) is 12.5. The number of hydrogen-bond acceptors (Lipinski definition) is 2. The van der Waals surface area contributed by atoms with E-state index in [0.29, 0.717) is 0 Å². The van der Waals surface area contributed by atoms with Crippen LogP contribution in [0.5, 0.6) is 0 Å². The van der Waals surface area contributed by atoms with Crippen LogP contribution in [0.4, 0.5) is 5.82 Å². The van der Waals surface area contributed by atoms with E-state index >= 15 is 0 Å². The summed E-state index contributed by atoms with van der Waals surface area (Å²) in [5, 5.41) is 0. The summed E-state index contributed by atoms with van der Waals surface area (Å²) in [7, 11) is 0. The predicted octanol–water partition coefficient (Wildman–Crippen LogP) is 3.46. The highest BCUT2D eigenvalue weighted by molar-refractivity contribution is 9.10. The van der Waals surface area contributed by atoms with E-state index in [2.05, 4.69) is 45.2 Å². The van der Waals surface area contributed by atoms with E-state index in [1.807, 2.05) is 22.7 Å². The normalized spacial score (nSPS) is 11.0. The third-order valence-corrected chi connectivity index (χ3v) is 3.90. The van der Waals surface area contributed by atoms with Crippen molar-refractivity contribution in [2.75, 3.05) is 5.73 Å². The lowest BCUT2D eigenvalue weighted by Gasteiger charge is -2.04. The highest BCUT2D eigenvalue weighted by atomic mass is 79.9. The summed E-state index contributed by atoms with van der Waals surface area (Å²) in [6.07, 6.45) is 5.58.